The molecule has 0 spiro atoms. The van der Waals surface area contributed by atoms with Crippen LogP contribution in [-0.4, -0.2) is 52.1 Å². The largest absolute Gasteiger partial charge is 0.477 e. The third-order valence-corrected chi connectivity index (χ3v) is 3.87. The van der Waals surface area contributed by atoms with Gasteiger partial charge in [0.05, 0.1) is 18.8 Å². The lowest BCUT2D eigenvalue weighted by molar-refractivity contribution is 0.170. The first-order valence-corrected chi connectivity index (χ1v) is 7.11. The number of hydrogen-bond donors (Lipinski definition) is 1. The van der Waals surface area contributed by atoms with Gasteiger partial charge in [0.25, 0.3) is 0 Å². The van der Waals surface area contributed by atoms with Crippen molar-refractivity contribution in [3.8, 4) is 5.88 Å². The highest BCUT2D eigenvalue weighted by molar-refractivity contribution is 5.29. The fourth-order valence-electron chi connectivity index (χ4n) is 2.71. The Balaban J connectivity index is 2.06. The molecule has 1 N–H and O–H groups in total. The van der Waals surface area contributed by atoms with E-state index in [1.165, 1.54) is 0 Å². The number of rotatable bonds is 5. The molecule has 2 heterocycles. The van der Waals surface area contributed by atoms with Crippen LogP contribution in [-0.2, 0) is 0 Å². The molecule has 0 bridgehead atoms. The van der Waals surface area contributed by atoms with Gasteiger partial charge in [-0.3, -0.25) is 9.58 Å². The molecule has 0 amide bonds. The van der Waals surface area contributed by atoms with Gasteiger partial charge in [-0.2, -0.15) is 0 Å². The highest BCUT2D eigenvalue weighted by Crippen LogP contribution is 2.24. The molecular weight excluding hydrogens is 242 g/mol. The van der Waals surface area contributed by atoms with Crippen LogP contribution in [0.3, 0.4) is 0 Å². The van der Waals surface area contributed by atoms with Gasteiger partial charge in [0.2, 0.25) is 5.88 Å². The minimum Gasteiger partial charge on any atom is -0.477 e. The summed E-state index contributed by atoms with van der Waals surface area (Å²) in [4.78, 5) is 2.30. The van der Waals surface area contributed by atoms with Gasteiger partial charge < -0.3 is 9.84 Å². The van der Waals surface area contributed by atoms with Crippen LogP contribution in [0.25, 0.3) is 0 Å². The smallest absolute Gasteiger partial charge is 0.235 e. The summed E-state index contributed by atoms with van der Waals surface area (Å²) in [5.41, 5.74) is 2.28. The fourth-order valence-corrected chi connectivity index (χ4v) is 2.71. The molecule has 108 valence electrons. The van der Waals surface area contributed by atoms with Crippen molar-refractivity contribution < 1.29 is 9.84 Å². The SMILES string of the molecule is CCOc1nn([C@@H](C)CN2CC[C@@H](O)C2)c(C)c1C. The molecule has 0 aromatic carbocycles. The minimum atomic E-state index is -0.161. The van der Waals surface area contributed by atoms with E-state index in [0.717, 1.165) is 43.2 Å². The summed E-state index contributed by atoms with van der Waals surface area (Å²) in [6.07, 6.45) is 0.722. The Bertz CT molecular complexity index is 431. The van der Waals surface area contributed by atoms with E-state index >= 15 is 0 Å². The van der Waals surface area contributed by atoms with Crippen LogP contribution < -0.4 is 4.74 Å². The Morgan fingerprint density at radius 3 is 2.79 bits per heavy atom. The molecule has 0 radical (unpaired) electrons. The van der Waals surface area contributed by atoms with Crippen LogP contribution in [0.5, 0.6) is 5.88 Å². The first-order valence-electron chi connectivity index (χ1n) is 7.11. The van der Waals surface area contributed by atoms with E-state index in [1.54, 1.807) is 0 Å². The zero-order valence-electron chi connectivity index (χ0n) is 12.4. The summed E-state index contributed by atoms with van der Waals surface area (Å²) in [6.45, 7) is 11.6. The molecule has 1 aliphatic rings. The Morgan fingerprint density at radius 1 is 1.47 bits per heavy atom. The van der Waals surface area contributed by atoms with E-state index in [0.29, 0.717) is 12.6 Å². The molecule has 5 heteroatoms. The summed E-state index contributed by atoms with van der Waals surface area (Å²) in [7, 11) is 0. The number of hydrogen-bond acceptors (Lipinski definition) is 4. The van der Waals surface area contributed by atoms with Crippen LogP contribution in [0.1, 0.15) is 37.6 Å². The van der Waals surface area contributed by atoms with E-state index in [4.69, 9.17) is 4.74 Å². The number of aliphatic hydroxyl groups is 1. The zero-order chi connectivity index (χ0) is 14.0. The topological polar surface area (TPSA) is 50.5 Å². The van der Waals surface area contributed by atoms with E-state index in [2.05, 4.69) is 30.8 Å². The first kappa shape index (κ1) is 14.3. The van der Waals surface area contributed by atoms with Gasteiger partial charge in [-0.05, 0) is 34.1 Å². The monoisotopic (exact) mass is 267 g/mol. The minimum absolute atomic E-state index is 0.161. The van der Waals surface area contributed by atoms with E-state index in [-0.39, 0.29) is 6.10 Å². The predicted octanol–water partition coefficient (Wildman–Crippen LogP) is 1.53. The van der Waals surface area contributed by atoms with Crippen LogP contribution in [0.15, 0.2) is 0 Å². The van der Waals surface area contributed by atoms with Gasteiger partial charge >= 0.3 is 0 Å². The van der Waals surface area contributed by atoms with Crippen molar-refractivity contribution in [3.05, 3.63) is 11.3 Å². The van der Waals surface area contributed by atoms with Crippen molar-refractivity contribution in [2.75, 3.05) is 26.2 Å². The molecule has 2 rings (SSSR count). The third kappa shape index (κ3) is 3.09. The maximum atomic E-state index is 9.57. The van der Waals surface area contributed by atoms with Gasteiger partial charge in [0.15, 0.2) is 0 Å². The van der Waals surface area contributed by atoms with Gasteiger partial charge in [-0.25, -0.2) is 0 Å². The number of nitrogens with zero attached hydrogens (tertiary/aromatic N) is 3. The number of β-amino-alcohol motifs (C(OH)–C–C–N with tert-alkyl or cyclic N) is 1. The predicted molar refractivity (Wildman–Crippen MR) is 74.6 cm³/mol. The molecule has 0 aliphatic carbocycles. The van der Waals surface area contributed by atoms with Gasteiger partial charge in [-0.15, -0.1) is 5.10 Å². The second-order valence-corrected chi connectivity index (χ2v) is 5.44. The summed E-state index contributed by atoms with van der Waals surface area (Å²) < 4.78 is 7.60. The molecular formula is C14H25N3O2. The van der Waals surface area contributed by atoms with E-state index in [1.807, 2.05) is 11.6 Å². The number of aliphatic hydroxyl groups excluding tert-OH is 1. The fraction of sp³-hybridized carbons (Fsp3) is 0.786. The molecule has 1 fully saturated rings. The Labute approximate surface area is 115 Å². The summed E-state index contributed by atoms with van der Waals surface area (Å²) in [5.74, 6) is 0.744. The maximum absolute atomic E-state index is 9.57. The van der Waals surface area contributed by atoms with Gasteiger partial charge in [0, 0.05) is 30.9 Å². The van der Waals surface area contributed by atoms with Crippen molar-refractivity contribution in [1.82, 2.24) is 14.7 Å². The number of likely N-dealkylation sites (tertiary alicyclic amines) is 1. The molecule has 2 atom stereocenters. The van der Waals surface area contributed by atoms with Crippen molar-refractivity contribution in [2.24, 2.45) is 0 Å². The quantitative estimate of drug-likeness (QED) is 0.879. The molecule has 1 aromatic rings. The lowest BCUT2D eigenvalue weighted by Gasteiger charge is -2.21. The average molecular weight is 267 g/mol. The normalized spacial score (nSPS) is 21.8. The van der Waals surface area contributed by atoms with Crippen LogP contribution in [0.4, 0.5) is 0 Å². The highest BCUT2D eigenvalue weighted by atomic mass is 16.5. The third-order valence-electron chi connectivity index (χ3n) is 3.87. The molecule has 0 unspecified atom stereocenters. The van der Waals surface area contributed by atoms with Crippen molar-refractivity contribution in [3.63, 3.8) is 0 Å². The number of aromatic nitrogens is 2. The molecule has 5 nitrogen and oxygen atoms in total. The van der Waals surface area contributed by atoms with Crippen LogP contribution >= 0.6 is 0 Å². The molecule has 1 aliphatic heterocycles. The molecule has 1 saturated heterocycles. The zero-order valence-corrected chi connectivity index (χ0v) is 12.4. The Morgan fingerprint density at radius 2 is 2.21 bits per heavy atom. The Kier molecular flexibility index (Phi) is 4.47. The Hall–Kier alpha value is -1.07. The second kappa shape index (κ2) is 5.92. The lowest BCUT2D eigenvalue weighted by atomic mass is 10.2. The molecule has 0 saturated carbocycles. The second-order valence-electron chi connectivity index (χ2n) is 5.44. The van der Waals surface area contributed by atoms with Crippen molar-refractivity contribution >= 4 is 0 Å². The highest BCUT2D eigenvalue weighted by Gasteiger charge is 2.23. The summed E-state index contributed by atoms with van der Waals surface area (Å²) in [5, 5.41) is 14.1. The lowest BCUT2D eigenvalue weighted by Crippen LogP contribution is -2.29. The van der Waals surface area contributed by atoms with Gasteiger partial charge in [0.1, 0.15) is 0 Å². The average Bonchev–Trinajstić information content (AvgIpc) is 2.88. The molecule has 19 heavy (non-hydrogen) atoms. The van der Waals surface area contributed by atoms with Crippen molar-refractivity contribution in [1.29, 1.82) is 0 Å². The van der Waals surface area contributed by atoms with Crippen LogP contribution in [0, 0.1) is 13.8 Å². The standard InChI is InChI=1S/C14H25N3O2/c1-5-19-14-11(3)12(4)17(15-14)10(2)8-16-7-6-13(18)9-16/h10,13,18H,5-9H2,1-4H3/t10-,13+/m0/s1. The maximum Gasteiger partial charge on any atom is 0.235 e. The van der Waals surface area contributed by atoms with E-state index in [9.17, 15) is 5.11 Å². The van der Waals surface area contributed by atoms with Crippen LogP contribution in [0.2, 0.25) is 0 Å². The number of ether oxygens (including phenoxy) is 1. The van der Waals surface area contributed by atoms with Gasteiger partial charge in [-0.1, -0.05) is 0 Å². The summed E-state index contributed by atoms with van der Waals surface area (Å²) >= 11 is 0. The molecule has 1 aromatic heterocycles. The summed E-state index contributed by atoms with van der Waals surface area (Å²) in [6, 6.07) is 0.290. The van der Waals surface area contributed by atoms with E-state index < -0.39 is 0 Å². The van der Waals surface area contributed by atoms with Crippen molar-refractivity contribution in [2.45, 2.75) is 46.3 Å². The first-order chi connectivity index (χ1) is 9.02.